The second-order valence-corrected chi connectivity index (χ2v) is 9.75. The lowest BCUT2D eigenvalue weighted by molar-refractivity contribution is -0.127. The third-order valence-corrected chi connectivity index (χ3v) is 7.76. The van der Waals surface area contributed by atoms with E-state index in [1.54, 1.807) is 28.4 Å². The average molecular weight is 470 g/mol. The van der Waals surface area contributed by atoms with E-state index in [1.165, 1.54) is 36.3 Å². The zero-order chi connectivity index (χ0) is 23.4. The highest BCUT2D eigenvalue weighted by molar-refractivity contribution is 8.02. The monoisotopic (exact) mass is 469 g/mol. The molecule has 2 fully saturated rings. The first-order valence-electron chi connectivity index (χ1n) is 12.0. The average Bonchev–Trinajstić information content (AvgIpc) is 3.07. The third kappa shape index (κ3) is 4.80. The molecule has 7 heteroatoms. The Balaban J connectivity index is 0.00000126. The number of para-hydroxylation sites is 1. The van der Waals surface area contributed by atoms with Crippen molar-refractivity contribution in [1.82, 2.24) is 5.32 Å². The van der Waals surface area contributed by atoms with Crippen LogP contribution in [0.4, 0.5) is 15.8 Å². The number of nitrogens with zero attached hydrogens (tertiary/aromatic N) is 2. The molecule has 2 heterocycles. The van der Waals surface area contributed by atoms with E-state index < -0.39 is 11.9 Å². The molecule has 0 aromatic heterocycles. The van der Waals surface area contributed by atoms with Crippen LogP contribution in [0.3, 0.4) is 0 Å². The van der Waals surface area contributed by atoms with Gasteiger partial charge in [0, 0.05) is 29.6 Å². The molecule has 1 unspecified atom stereocenters. The van der Waals surface area contributed by atoms with E-state index >= 15 is 0 Å². The van der Waals surface area contributed by atoms with E-state index in [0.29, 0.717) is 24.0 Å². The molecule has 176 valence electrons. The van der Waals surface area contributed by atoms with Crippen LogP contribution in [0.15, 0.2) is 48.5 Å². The lowest BCUT2D eigenvalue weighted by atomic mass is 9.98. The maximum atomic E-state index is 14.1. The van der Waals surface area contributed by atoms with Gasteiger partial charge >= 0.3 is 0 Å². The van der Waals surface area contributed by atoms with Crippen LogP contribution in [-0.2, 0) is 9.59 Å². The summed E-state index contributed by atoms with van der Waals surface area (Å²) in [6, 6.07) is 12.9. The number of benzene rings is 2. The predicted octanol–water partition coefficient (Wildman–Crippen LogP) is 5.47. The normalized spacial score (nSPS) is 20.5. The predicted molar refractivity (Wildman–Crippen MR) is 133 cm³/mol. The van der Waals surface area contributed by atoms with Crippen LogP contribution >= 0.6 is 11.9 Å². The maximum absolute atomic E-state index is 14.1. The van der Waals surface area contributed by atoms with Gasteiger partial charge in [0.2, 0.25) is 5.91 Å². The number of halogens is 1. The summed E-state index contributed by atoms with van der Waals surface area (Å²) < 4.78 is 15.9. The molecule has 0 radical (unpaired) electrons. The molecule has 2 amide bonds. The lowest BCUT2D eigenvalue weighted by Gasteiger charge is -2.35. The maximum Gasteiger partial charge on any atom is 0.264 e. The Morgan fingerprint density at radius 1 is 1.06 bits per heavy atom. The van der Waals surface area contributed by atoms with Crippen molar-refractivity contribution in [2.75, 3.05) is 22.3 Å². The van der Waals surface area contributed by atoms with Gasteiger partial charge in [-0.25, -0.2) is 4.39 Å². The highest BCUT2D eigenvalue weighted by atomic mass is 32.2. The molecule has 33 heavy (non-hydrogen) atoms. The number of anilines is 2. The molecule has 2 aliphatic heterocycles. The first kappa shape index (κ1) is 23.8. The number of amides is 2. The number of carbonyl (C=O) groups is 2. The van der Waals surface area contributed by atoms with Crippen molar-refractivity contribution in [2.45, 2.75) is 57.2 Å². The van der Waals surface area contributed by atoms with Gasteiger partial charge in [0.25, 0.3) is 5.91 Å². The minimum atomic E-state index is -0.776. The minimum absolute atomic E-state index is 0.123. The molecule has 1 atom stereocenters. The zero-order valence-corrected chi connectivity index (χ0v) is 20.1. The van der Waals surface area contributed by atoms with Crippen molar-refractivity contribution >= 4 is 35.1 Å². The van der Waals surface area contributed by atoms with Crippen LogP contribution < -0.4 is 14.5 Å². The summed E-state index contributed by atoms with van der Waals surface area (Å²) in [5.41, 5.74) is 2.07. The molecule has 1 N–H and O–H groups in total. The molecule has 0 spiro atoms. The van der Waals surface area contributed by atoms with Crippen LogP contribution in [0.2, 0.25) is 0 Å². The number of fused-ring (bicyclic) bond motifs is 1. The molecule has 3 aliphatic rings. The van der Waals surface area contributed by atoms with Crippen LogP contribution in [-0.4, -0.2) is 30.2 Å². The Bertz CT molecular complexity index is 991. The molecule has 2 aromatic rings. The molecule has 5 nitrogen and oxygen atoms in total. The first-order chi connectivity index (χ1) is 16.1. The summed E-state index contributed by atoms with van der Waals surface area (Å²) in [6.45, 7) is 5.15. The Morgan fingerprint density at radius 3 is 2.45 bits per heavy atom. The fourth-order valence-corrected chi connectivity index (χ4v) is 5.96. The first-order valence-corrected chi connectivity index (χ1v) is 12.9. The Kier molecular flexibility index (Phi) is 7.71. The second-order valence-electron chi connectivity index (χ2n) is 8.50. The fraction of sp³-hybridized carbons (Fsp3) is 0.462. The molecular formula is C26H32FN3O2S. The summed E-state index contributed by atoms with van der Waals surface area (Å²) in [6.07, 6.45) is 5.82. The molecule has 1 aliphatic carbocycles. The molecule has 5 rings (SSSR count). The number of nitrogens with one attached hydrogen (secondary N) is 1. The quantitative estimate of drug-likeness (QED) is 0.590. The van der Waals surface area contributed by atoms with Crippen molar-refractivity contribution in [3.8, 4) is 0 Å². The standard InChI is InChI=1S/C24H26FN3O2S.C2H6/c25-17-7-6-8-18(13-17)27(23(29)16-14-26-15-16)22-20-11-4-5-12-21(20)28(24(22)30)31-19-9-2-1-3-10-19;1-2/h4-8,11-13,16,19,22,26H,1-3,9-10,14-15H2;1-2H3. The summed E-state index contributed by atoms with van der Waals surface area (Å²) in [7, 11) is 0. The smallest absolute Gasteiger partial charge is 0.264 e. The minimum Gasteiger partial charge on any atom is -0.315 e. The van der Waals surface area contributed by atoms with Crippen molar-refractivity contribution in [3.63, 3.8) is 0 Å². The molecule has 1 saturated heterocycles. The third-order valence-electron chi connectivity index (χ3n) is 6.40. The largest absolute Gasteiger partial charge is 0.315 e. The fourth-order valence-electron chi connectivity index (χ4n) is 4.63. The van der Waals surface area contributed by atoms with Gasteiger partial charge in [-0.1, -0.05) is 57.4 Å². The highest BCUT2D eigenvalue weighted by Gasteiger charge is 2.46. The molecule has 1 saturated carbocycles. The van der Waals surface area contributed by atoms with Gasteiger partial charge in [-0.05, 0) is 49.1 Å². The van der Waals surface area contributed by atoms with E-state index in [4.69, 9.17) is 0 Å². The summed E-state index contributed by atoms with van der Waals surface area (Å²) in [4.78, 5) is 28.8. The number of carbonyl (C=O) groups excluding carboxylic acids is 2. The molecular weight excluding hydrogens is 437 g/mol. The van der Waals surface area contributed by atoms with Gasteiger partial charge in [0.15, 0.2) is 0 Å². The van der Waals surface area contributed by atoms with E-state index in [9.17, 15) is 14.0 Å². The Morgan fingerprint density at radius 2 is 1.79 bits per heavy atom. The number of rotatable bonds is 5. The molecule has 0 bridgehead atoms. The Hall–Kier alpha value is -2.38. The van der Waals surface area contributed by atoms with Crippen LogP contribution in [0.5, 0.6) is 0 Å². The van der Waals surface area contributed by atoms with Gasteiger partial charge in [-0.15, -0.1) is 0 Å². The van der Waals surface area contributed by atoms with E-state index in [-0.39, 0.29) is 17.7 Å². The topological polar surface area (TPSA) is 52.7 Å². The van der Waals surface area contributed by atoms with Crippen LogP contribution in [0.1, 0.15) is 57.6 Å². The van der Waals surface area contributed by atoms with Gasteiger partial charge in [0.1, 0.15) is 11.9 Å². The van der Waals surface area contributed by atoms with Gasteiger partial charge in [-0.2, -0.15) is 0 Å². The number of hydrogen-bond acceptors (Lipinski definition) is 4. The van der Waals surface area contributed by atoms with Crippen molar-refractivity contribution in [2.24, 2.45) is 5.92 Å². The van der Waals surface area contributed by atoms with Crippen molar-refractivity contribution in [3.05, 3.63) is 59.9 Å². The highest BCUT2D eigenvalue weighted by Crippen LogP contribution is 2.47. The van der Waals surface area contributed by atoms with Crippen molar-refractivity contribution in [1.29, 1.82) is 0 Å². The second kappa shape index (κ2) is 10.7. The zero-order valence-electron chi connectivity index (χ0n) is 19.3. The van der Waals surface area contributed by atoms with Gasteiger partial charge in [0.05, 0.1) is 11.6 Å². The van der Waals surface area contributed by atoms with Gasteiger partial charge in [-0.3, -0.25) is 18.8 Å². The van der Waals surface area contributed by atoms with Gasteiger partial charge < -0.3 is 5.32 Å². The SMILES string of the molecule is CC.O=C1C(N(C(=O)C2CNC2)c2cccc(F)c2)c2ccccc2N1SC1CCCCC1. The van der Waals surface area contributed by atoms with E-state index in [1.807, 2.05) is 38.1 Å². The number of hydrogen-bond donors (Lipinski definition) is 1. The van der Waals surface area contributed by atoms with Crippen LogP contribution in [0, 0.1) is 11.7 Å². The summed E-state index contributed by atoms with van der Waals surface area (Å²) in [5.74, 6) is -0.888. The summed E-state index contributed by atoms with van der Waals surface area (Å²) in [5, 5.41) is 3.52. The molecule has 2 aromatic carbocycles. The summed E-state index contributed by atoms with van der Waals surface area (Å²) >= 11 is 1.60. The Labute approximate surface area is 199 Å². The van der Waals surface area contributed by atoms with E-state index in [0.717, 1.165) is 24.1 Å². The van der Waals surface area contributed by atoms with Crippen LogP contribution in [0.25, 0.3) is 0 Å². The van der Waals surface area contributed by atoms with E-state index in [2.05, 4.69) is 5.32 Å². The lowest BCUT2D eigenvalue weighted by Crippen LogP contribution is -2.54. The van der Waals surface area contributed by atoms with Crippen molar-refractivity contribution < 1.29 is 14.0 Å².